The monoisotopic (exact) mass is 210 g/mol. The number of piperidine rings is 1. The Balaban J connectivity index is 1.95. The maximum Gasteiger partial charge on any atom is 0.228 e. The van der Waals surface area contributed by atoms with Gasteiger partial charge >= 0.3 is 0 Å². The Hall–Kier alpha value is -0.570. The van der Waals surface area contributed by atoms with Crippen LogP contribution < -0.4 is 5.32 Å². The van der Waals surface area contributed by atoms with Crippen molar-refractivity contribution in [3.8, 4) is 0 Å². The normalized spacial score (nSPS) is 28.9. The van der Waals surface area contributed by atoms with Crippen molar-refractivity contribution in [2.75, 3.05) is 20.1 Å². The zero-order chi connectivity index (χ0) is 10.9. The SMILES string of the molecule is CCC1(C(=O)N2CCCC(NC)C2)CC1. The summed E-state index contributed by atoms with van der Waals surface area (Å²) in [6.45, 7) is 4.03. The highest BCUT2D eigenvalue weighted by Crippen LogP contribution is 2.50. The lowest BCUT2D eigenvalue weighted by Gasteiger charge is -2.34. The number of hydrogen-bond donors (Lipinski definition) is 1. The summed E-state index contributed by atoms with van der Waals surface area (Å²) in [5.41, 5.74) is 0.0512. The molecule has 3 nitrogen and oxygen atoms in total. The summed E-state index contributed by atoms with van der Waals surface area (Å²) in [6.07, 6.45) is 5.61. The third-order valence-electron chi connectivity index (χ3n) is 4.10. The van der Waals surface area contributed by atoms with Gasteiger partial charge < -0.3 is 10.2 Å². The Bertz CT molecular complexity index is 248. The second kappa shape index (κ2) is 4.12. The molecule has 2 rings (SSSR count). The first-order valence-electron chi connectivity index (χ1n) is 6.18. The van der Waals surface area contributed by atoms with Crippen LogP contribution in [0, 0.1) is 5.41 Å². The summed E-state index contributed by atoms with van der Waals surface area (Å²) < 4.78 is 0. The second-order valence-corrected chi connectivity index (χ2v) is 5.01. The maximum atomic E-state index is 12.3. The summed E-state index contributed by atoms with van der Waals surface area (Å²) in [6, 6.07) is 0.510. The smallest absolute Gasteiger partial charge is 0.228 e. The fourth-order valence-electron chi connectivity index (χ4n) is 2.60. The highest BCUT2D eigenvalue weighted by atomic mass is 16.2. The second-order valence-electron chi connectivity index (χ2n) is 5.01. The number of rotatable bonds is 3. The lowest BCUT2D eigenvalue weighted by Crippen LogP contribution is -2.49. The van der Waals surface area contributed by atoms with E-state index in [1.54, 1.807) is 0 Å². The Morgan fingerprint density at radius 1 is 1.53 bits per heavy atom. The van der Waals surface area contributed by atoms with E-state index < -0.39 is 0 Å². The van der Waals surface area contributed by atoms with Gasteiger partial charge in [-0.25, -0.2) is 0 Å². The molecule has 1 saturated heterocycles. The lowest BCUT2D eigenvalue weighted by molar-refractivity contribution is -0.138. The number of likely N-dealkylation sites (tertiary alicyclic amines) is 1. The summed E-state index contributed by atoms with van der Waals surface area (Å²) in [7, 11) is 1.99. The van der Waals surface area contributed by atoms with Gasteiger partial charge in [-0.2, -0.15) is 0 Å². The fourth-order valence-corrected chi connectivity index (χ4v) is 2.60. The number of nitrogens with zero attached hydrogens (tertiary/aromatic N) is 1. The van der Waals surface area contributed by atoms with Gasteiger partial charge in [-0.15, -0.1) is 0 Å². The van der Waals surface area contributed by atoms with Crippen LogP contribution in [0.25, 0.3) is 0 Å². The topological polar surface area (TPSA) is 32.3 Å². The van der Waals surface area contributed by atoms with Gasteiger partial charge in [0.05, 0.1) is 0 Å². The molecular formula is C12H22N2O. The Morgan fingerprint density at radius 2 is 2.27 bits per heavy atom. The quantitative estimate of drug-likeness (QED) is 0.763. The number of carbonyl (C=O) groups excluding carboxylic acids is 1. The van der Waals surface area contributed by atoms with Crippen LogP contribution >= 0.6 is 0 Å². The maximum absolute atomic E-state index is 12.3. The van der Waals surface area contributed by atoms with E-state index in [1.165, 1.54) is 6.42 Å². The molecule has 1 aliphatic heterocycles. The standard InChI is InChI=1S/C12H22N2O/c1-3-12(6-7-12)11(15)14-8-4-5-10(9-14)13-2/h10,13H,3-9H2,1-2H3. The van der Waals surface area contributed by atoms with Gasteiger partial charge in [0, 0.05) is 24.5 Å². The van der Waals surface area contributed by atoms with Crippen LogP contribution in [-0.2, 0) is 4.79 Å². The molecule has 15 heavy (non-hydrogen) atoms. The minimum absolute atomic E-state index is 0.0512. The van der Waals surface area contributed by atoms with Crippen LogP contribution in [-0.4, -0.2) is 37.0 Å². The number of likely N-dealkylation sites (N-methyl/N-ethyl adjacent to an activating group) is 1. The minimum Gasteiger partial charge on any atom is -0.341 e. The Labute approximate surface area is 92.2 Å². The molecule has 3 heteroatoms. The third-order valence-corrected chi connectivity index (χ3v) is 4.10. The van der Waals surface area contributed by atoms with Gasteiger partial charge in [0.25, 0.3) is 0 Å². The molecule has 1 unspecified atom stereocenters. The van der Waals surface area contributed by atoms with Crippen LogP contribution in [0.2, 0.25) is 0 Å². The van der Waals surface area contributed by atoms with E-state index in [4.69, 9.17) is 0 Å². The van der Waals surface area contributed by atoms with Crippen LogP contribution in [0.3, 0.4) is 0 Å². The summed E-state index contributed by atoms with van der Waals surface area (Å²) >= 11 is 0. The first-order valence-corrected chi connectivity index (χ1v) is 6.18. The first kappa shape index (κ1) is 10.9. The third kappa shape index (κ3) is 2.03. The molecule has 1 saturated carbocycles. The fraction of sp³-hybridized carbons (Fsp3) is 0.917. The zero-order valence-corrected chi connectivity index (χ0v) is 9.88. The number of carbonyl (C=O) groups is 1. The van der Waals surface area contributed by atoms with E-state index in [1.807, 2.05) is 7.05 Å². The van der Waals surface area contributed by atoms with Gasteiger partial charge in [0.2, 0.25) is 5.91 Å². The van der Waals surface area contributed by atoms with Crippen LogP contribution in [0.15, 0.2) is 0 Å². The van der Waals surface area contributed by atoms with Gasteiger partial charge in [-0.3, -0.25) is 4.79 Å². The van der Waals surface area contributed by atoms with E-state index >= 15 is 0 Å². The molecule has 86 valence electrons. The molecule has 0 spiro atoms. The molecule has 1 heterocycles. The van der Waals surface area contributed by atoms with Crippen LogP contribution in [0.4, 0.5) is 0 Å². The molecule has 1 N–H and O–H groups in total. The van der Waals surface area contributed by atoms with Gasteiger partial charge in [-0.1, -0.05) is 6.92 Å². The molecule has 1 atom stereocenters. The number of nitrogens with one attached hydrogen (secondary N) is 1. The van der Waals surface area contributed by atoms with Crippen molar-refractivity contribution < 1.29 is 4.79 Å². The van der Waals surface area contributed by atoms with Crippen molar-refractivity contribution in [1.29, 1.82) is 0 Å². The highest BCUT2D eigenvalue weighted by Gasteiger charge is 2.50. The molecule has 0 aromatic rings. The molecule has 0 bridgehead atoms. The summed E-state index contributed by atoms with van der Waals surface area (Å²) in [5, 5.41) is 3.28. The van der Waals surface area contributed by atoms with E-state index in [2.05, 4.69) is 17.1 Å². The molecule has 0 aromatic carbocycles. The summed E-state index contributed by atoms with van der Waals surface area (Å²) in [5.74, 6) is 0.421. The van der Waals surface area contributed by atoms with E-state index in [-0.39, 0.29) is 5.41 Å². The number of hydrogen-bond acceptors (Lipinski definition) is 2. The van der Waals surface area contributed by atoms with E-state index in [9.17, 15) is 4.79 Å². The lowest BCUT2D eigenvalue weighted by atomic mass is 9.98. The molecule has 0 aromatic heterocycles. The predicted octanol–water partition coefficient (Wildman–Crippen LogP) is 1.39. The number of amides is 1. The largest absolute Gasteiger partial charge is 0.341 e. The molecule has 1 aliphatic carbocycles. The van der Waals surface area contributed by atoms with Crippen molar-refractivity contribution in [1.82, 2.24) is 10.2 Å². The molecular weight excluding hydrogens is 188 g/mol. The highest BCUT2D eigenvalue weighted by molar-refractivity contribution is 5.85. The molecule has 1 amide bonds. The van der Waals surface area contributed by atoms with Gasteiger partial charge in [-0.05, 0) is 39.2 Å². The first-order chi connectivity index (χ1) is 7.22. The van der Waals surface area contributed by atoms with E-state index in [0.717, 1.165) is 38.8 Å². The van der Waals surface area contributed by atoms with Crippen LogP contribution in [0.1, 0.15) is 39.0 Å². The molecule has 2 aliphatic rings. The zero-order valence-electron chi connectivity index (χ0n) is 9.88. The van der Waals surface area contributed by atoms with Crippen molar-refractivity contribution in [3.05, 3.63) is 0 Å². The van der Waals surface area contributed by atoms with Crippen molar-refractivity contribution in [2.24, 2.45) is 5.41 Å². The molecule has 2 fully saturated rings. The minimum atomic E-state index is 0.0512. The molecule has 0 radical (unpaired) electrons. The average molecular weight is 210 g/mol. The average Bonchev–Trinajstić information content (AvgIpc) is 3.09. The van der Waals surface area contributed by atoms with Crippen molar-refractivity contribution in [2.45, 2.75) is 45.1 Å². The van der Waals surface area contributed by atoms with Crippen LogP contribution in [0.5, 0.6) is 0 Å². The van der Waals surface area contributed by atoms with Gasteiger partial charge in [0.15, 0.2) is 0 Å². The Kier molecular flexibility index (Phi) is 3.01. The van der Waals surface area contributed by atoms with E-state index in [0.29, 0.717) is 11.9 Å². The van der Waals surface area contributed by atoms with Crippen molar-refractivity contribution >= 4 is 5.91 Å². The summed E-state index contributed by atoms with van der Waals surface area (Å²) in [4.78, 5) is 14.4. The predicted molar refractivity (Wildman–Crippen MR) is 60.6 cm³/mol. The van der Waals surface area contributed by atoms with Gasteiger partial charge in [0.1, 0.15) is 0 Å². The Morgan fingerprint density at radius 3 is 2.80 bits per heavy atom. The van der Waals surface area contributed by atoms with Crippen molar-refractivity contribution in [3.63, 3.8) is 0 Å².